The molecule has 1 fully saturated rings. The summed E-state index contributed by atoms with van der Waals surface area (Å²) < 4.78 is 0. The largest absolute Gasteiger partial charge is 0.327 e. The summed E-state index contributed by atoms with van der Waals surface area (Å²) in [6.07, 6.45) is 3.87. The van der Waals surface area contributed by atoms with E-state index in [1.807, 2.05) is 0 Å². The van der Waals surface area contributed by atoms with Gasteiger partial charge in [0.25, 0.3) is 0 Å². The average molecular weight is 184 g/mol. The molecule has 78 valence electrons. The molecule has 2 N–H and O–H groups in total. The average Bonchev–Trinajstić information content (AvgIpc) is 2.34. The fourth-order valence-corrected chi connectivity index (χ4v) is 1.92. The van der Waals surface area contributed by atoms with E-state index < -0.39 is 0 Å². The maximum atomic E-state index is 6.04. The molecule has 0 amide bonds. The lowest BCUT2D eigenvalue weighted by molar-refractivity contribution is 0.145. The third-order valence-corrected chi connectivity index (χ3v) is 3.37. The first-order valence-corrected chi connectivity index (χ1v) is 5.38. The van der Waals surface area contributed by atoms with Gasteiger partial charge < -0.3 is 10.6 Å². The first-order valence-electron chi connectivity index (χ1n) is 5.38. The minimum Gasteiger partial charge on any atom is -0.327 e. The minimum absolute atomic E-state index is 0.280. The van der Waals surface area contributed by atoms with Gasteiger partial charge in [-0.3, -0.25) is 0 Å². The Morgan fingerprint density at radius 2 is 1.92 bits per heavy atom. The summed E-state index contributed by atoms with van der Waals surface area (Å²) in [6.45, 7) is 7.93. The summed E-state index contributed by atoms with van der Waals surface area (Å²) in [7, 11) is 2.20. The molecule has 1 aliphatic carbocycles. The van der Waals surface area contributed by atoms with Crippen LogP contribution in [0.4, 0.5) is 0 Å². The van der Waals surface area contributed by atoms with Crippen LogP contribution in [-0.2, 0) is 0 Å². The van der Waals surface area contributed by atoms with Gasteiger partial charge in [0.05, 0.1) is 0 Å². The zero-order chi connectivity index (χ0) is 10.1. The molecule has 2 heteroatoms. The first kappa shape index (κ1) is 11.0. The number of nitrogens with zero attached hydrogens (tertiary/aromatic N) is 1. The van der Waals surface area contributed by atoms with Crippen molar-refractivity contribution in [2.24, 2.45) is 11.7 Å². The molecule has 0 saturated heterocycles. The first-order chi connectivity index (χ1) is 5.91. The molecule has 1 rings (SSSR count). The fraction of sp³-hybridized carbons (Fsp3) is 1.00. The highest BCUT2D eigenvalue weighted by Crippen LogP contribution is 2.26. The van der Waals surface area contributed by atoms with E-state index in [2.05, 4.69) is 32.7 Å². The second kappa shape index (κ2) is 3.97. The standard InChI is InChI=1S/C11H24N2/c1-11(2,3)13(4)8-9-6-5-7-10(9)12/h9-10H,5-8,12H2,1-4H3. The Kier molecular flexibility index (Phi) is 3.36. The molecular weight excluding hydrogens is 160 g/mol. The Balaban J connectivity index is 2.40. The zero-order valence-electron chi connectivity index (χ0n) is 9.51. The number of hydrogen-bond acceptors (Lipinski definition) is 2. The van der Waals surface area contributed by atoms with E-state index in [9.17, 15) is 0 Å². The molecular formula is C11H24N2. The van der Waals surface area contributed by atoms with Crippen molar-refractivity contribution in [3.8, 4) is 0 Å². The van der Waals surface area contributed by atoms with Gasteiger partial charge in [-0.15, -0.1) is 0 Å². The third kappa shape index (κ3) is 2.96. The highest BCUT2D eigenvalue weighted by molar-refractivity contribution is 4.84. The lowest BCUT2D eigenvalue weighted by Crippen LogP contribution is -2.43. The number of rotatable bonds is 2. The van der Waals surface area contributed by atoms with Gasteiger partial charge in [-0.2, -0.15) is 0 Å². The molecule has 0 spiro atoms. The smallest absolute Gasteiger partial charge is 0.0122 e. The van der Waals surface area contributed by atoms with E-state index >= 15 is 0 Å². The van der Waals surface area contributed by atoms with Crippen LogP contribution in [-0.4, -0.2) is 30.1 Å². The van der Waals surface area contributed by atoms with E-state index in [0.717, 1.165) is 12.5 Å². The van der Waals surface area contributed by atoms with Crippen molar-refractivity contribution in [2.75, 3.05) is 13.6 Å². The monoisotopic (exact) mass is 184 g/mol. The van der Waals surface area contributed by atoms with Gasteiger partial charge in [0.15, 0.2) is 0 Å². The van der Waals surface area contributed by atoms with Crippen LogP contribution >= 0.6 is 0 Å². The third-order valence-electron chi connectivity index (χ3n) is 3.37. The summed E-state index contributed by atoms with van der Waals surface area (Å²) >= 11 is 0. The molecule has 0 aliphatic heterocycles. The molecule has 0 bridgehead atoms. The van der Waals surface area contributed by atoms with Gasteiger partial charge in [0.2, 0.25) is 0 Å². The maximum Gasteiger partial charge on any atom is 0.0122 e. The van der Waals surface area contributed by atoms with Crippen LogP contribution in [0, 0.1) is 5.92 Å². The van der Waals surface area contributed by atoms with Crippen LogP contribution in [0.2, 0.25) is 0 Å². The van der Waals surface area contributed by atoms with Crippen molar-refractivity contribution >= 4 is 0 Å². The molecule has 1 aliphatic rings. The van der Waals surface area contributed by atoms with Crippen LogP contribution in [0.25, 0.3) is 0 Å². The van der Waals surface area contributed by atoms with Crippen molar-refractivity contribution in [3.63, 3.8) is 0 Å². The van der Waals surface area contributed by atoms with Crippen molar-refractivity contribution in [1.82, 2.24) is 4.90 Å². The highest BCUT2D eigenvalue weighted by atomic mass is 15.2. The van der Waals surface area contributed by atoms with Crippen LogP contribution in [0.3, 0.4) is 0 Å². The molecule has 2 unspecified atom stereocenters. The molecule has 0 heterocycles. The predicted molar refractivity (Wildman–Crippen MR) is 57.7 cm³/mol. The summed E-state index contributed by atoms with van der Waals surface area (Å²) in [4.78, 5) is 2.42. The van der Waals surface area contributed by atoms with Crippen LogP contribution in [0.15, 0.2) is 0 Å². The van der Waals surface area contributed by atoms with E-state index in [4.69, 9.17) is 5.73 Å². The van der Waals surface area contributed by atoms with E-state index in [1.165, 1.54) is 19.3 Å². The quantitative estimate of drug-likeness (QED) is 0.709. The summed E-state index contributed by atoms with van der Waals surface area (Å²) in [6, 6.07) is 0.449. The van der Waals surface area contributed by atoms with Crippen LogP contribution in [0.5, 0.6) is 0 Å². The van der Waals surface area contributed by atoms with E-state index in [-0.39, 0.29) is 5.54 Å². The van der Waals surface area contributed by atoms with Crippen molar-refractivity contribution < 1.29 is 0 Å². The van der Waals surface area contributed by atoms with E-state index in [1.54, 1.807) is 0 Å². The Morgan fingerprint density at radius 1 is 1.31 bits per heavy atom. The minimum atomic E-state index is 0.280. The summed E-state index contributed by atoms with van der Waals surface area (Å²) in [5.41, 5.74) is 6.32. The lowest BCUT2D eigenvalue weighted by Gasteiger charge is -2.34. The molecule has 2 nitrogen and oxygen atoms in total. The topological polar surface area (TPSA) is 29.3 Å². The number of nitrogens with two attached hydrogens (primary N) is 1. The highest BCUT2D eigenvalue weighted by Gasteiger charge is 2.27. The van der Waals surface area contributed by atoms with Gasteiger partial charge in [-0.1, -0.05) is 6.42 Å². The summed E-state index contributed by atoms with van der Waals surface area (Å²) in [5.74, 6) is 0.726. The lowest BCUT2D eigenvalue weighted by atomic mass is 10.00. The Bertz CT molecular complexity index is 160. The SMILES string of the molecule is CN(CC1CCCC1N)C(C)(C)C. The van der Waals surface area contributed by atoms with Gasteiger partial charge >= 0.3 is 0 Å². The molecule has 1 saturated carbocycles. The van der Waals surface area contributed by atoms with Gasteiger partial charge in [0.1, 0.15) is 0 Å². The van der Waals surface area contributed by atoms with Gasteiger partial charge in [0, 0.05) is 18.1 Å². The fourth-order valence-electron chi connectivity index (χ4n) is 1.92. The Labute approximate surface area is 82.5 Å². The second-order valence-corrected chi connectivity index (χ2v) is 5.41. The Morgan fingerprint density at radius 3 is 2.31 bits per heavy atom. The van der Waals surface area contributed by atoms with Crippen molar-refractivity contribution in [3.05, 3.63) is 0 Å². The molecule has 0 radical (unpaired) electrons. The van der Waals surface area contributed by atoms with Crippen LogP contribution < -0.4 is 5.73 Å². The Hall–Kier alpha value is -0.0800. The maximum absolute atomic E-state index is 6.04. The van der Waals surface area contributed by atoms with Gasteiger partial charge in [-0.05, 0) is 46.6 Å². The molecule has 13 heavy (non-hydrogen) atoms. The normalized spacial score (nSPS) is 30.0. The molecule has 2 atom stereocenters. The molecule has 0 aromatic carbocycles. The second-order valence-electron chi connectivity index (χ2n) is 5.41. The number of hydrogen-bond donors (Lipinski definition) is 1. The van der Waals surface area contributed by atoms with E-state index in [0.29, 0.717) is 6.04 Å². The van der Waals surface area contributed by atoms with Crippen LogP contribution in [0.1, 0.15) is 40.0 Å². The molecule has 0 aromatic heterocycles. The van der Waals surface area contributed by atoms with Crippen molar-refractivity contribution in [2.45, 2.75) is 51.6 Å². The summed E-state index contributed by atoms with van der Waals surface area (Å²) in [5, 5.41) is 0. The van der Waals surface area contributed by atoms with Gasteiger partial charge in [-0.25, -0.2) is 0 Å². The molecule has 0 aromatic rings. The zero-order valence-corrected chi connectivity index (χ0v) is 9.51. The predicted octanol–water partition coefficient (Wildman–Crippen LogP) is 1.84. The van der Waals surface area contributed by atoms with Crippen molar-refractivity contribution in [1.29, 1.82) is 0 Å².